The third-order valence-electron chi connectivity index (χ3n) is 4.77. The average molecular weight is 508 g/mol. The second-order valence-electron chi connectivity index (χ2n) is 7.12. The second kappa shape index (κ2) is 7.80. The number of hydrogen-bond donors (Lipinski definition) is 2. The van der Waals surface area contributed by atoms with E-state index in [9.17, 15) is 26.4 Å². The first kappa shape index (κ1) is 22.6. The van der Waals surface area contributed by atoms with Crippen LogP contribution in [-0.4, -0.2) is 41.3 Å². The van der Waals surface area contributed by atoms with Crippen LogP contribution in [0.2, 0.25) is 10.0 Å². The molecule has 14 heteroatoms. The lowest BCUT2D eigenvalue weighted by molar-refractivity contribution is -0.0942. The fraction of sp³-hybridized carbons (Fsp3) is 0.222. The van der Waals surface area contributed by atoms with Gasteiger partial charge in [0.1, 0.15) is 5.82 Å². The van der Waals surface area contributed by atoms with Gasteiger partial charge in [-0.1, -0.05) is 23.2 Å². The van der Waals surface area contributed by atoms with Crippen molar-refractivity contribution in [2.24, 2.45) is 7.05 Å². The number of rotatable bonds is 5. The molecule has 2 N–H and O–H groups in total. The number of halogens is 5. The monoisotopic (exact) mass is 507 g/mol. The summed E-state index contributed by atoms with van der Waals surface area (Å²) in [7, 11) is -2.84. The molecule has 1 fully saturated rings. The number of nitrogens with zero attached hydrogens (tertiary/aromatic N) is 3. The number of benzene rings is 2. The molecule has 2 heterocycles. The molecule has 0 atom stereocenters. The Morgan fingerprint density at radius 1 is 1.09 bits per heavy atom. The molecule has 0 bridgehead atoms. The lowest BCUT2D eigenvalue weighted by atomic mass is 10.2. The molecule has 0 saturated carbocycles. The average Bonchev–Trinajstić information content (AvgIpc) is 2.69. The Morgan fingerprint density at radius 2 is 1.75 bits per heavy atom. The Kier molecular flexibility index (Phi) is 5.52. The van der Waals surface area contributed by atoms with Crippen molar-refractivity contribution in [3.05, 3.63) is 56.8 Å². The molecule has 8 nitrogen and oxygen atoms in total. The summed E-state index contributed by atoms with van der Waals surface area (Å²) in [6.07, 6.45) is 1.33. The van der Waals surface area contributed by atoms with Crippen LogP contribution in [0.4, 0.5) is 30.2 Å². The Bertz CT molecular complexity index is 1410. The predicted molar refractivity (Wildman–Crippen MR) is 116 cm³/mol. The number of anilines is 3. The van der Waals surface area contributed by atoms with Gasteiger partial charge in [0.15, 0.2) is 0 Å². The van der Waals surface area contributed by atoms with Crippen LogP contribution in [0.25, 0.3) is 10.9 Å². The first-order valence-corrected chi connectivity index (χ1v) is 11.1. The van der Waals surface area contributed by atoms with Gasteiger partial charge in [0.25, 0.3) is 11.5 Å². The SMILES string of the molecule is Cn1cnc2ccc(Nc3c(F)ccc(NS(=O)(=O)N4CC(F)(F)C4)c3Cl)c(Cl)c2c1=O. The van der Waals surface area contributed by atoms with Crippen LogP contribution >= 0.6 is 23.2 Å². The number of fused-ring (bicyclic) bond motifs is 1. The molecule has 170 valence electrons. The van der Waals surface area contributed by atoms with Crippen molar-refractivity contribution >= 4 is 61.4 Å². The minimum Gasteiger partial charge on any atom is -0.351 e. The smallest absolute Gasteiger partial charge is 0.302 e. The molecule has 0 amide bonds. The summed E-state index contributed by atoms with van der Waals surface area (Å²) in [5, 5.41) is 2.35. The minimum absolute atomic E-state index is 0.0412. The first-order valence-electron chi connectivity index (χ1n) is 8.94. The molecule has 0 aliphatic carbocycles. The first-order chi connectivity index (χ1) is 14.9. The van der Waals surface area contributed by atoms with Crippen molar-refractivity contribution in [2.75, 3.05) is 23.1 Å². The summed E-state index contributed by atoms with van der Waals surface area (Å²) in [6, 6.07) is 4.94. The maximum Gasteiger partial charge on any atom is 0.302 e. The van der Waals surface area contributed by atoms with Crippen LogP contribution in [0.1, 0.15) is 0 Å². The fourth-order valence-electron chi connectivity index (χ4n) is 3.07. The summed E-state index contributed by atoms with van der Waals surface area (Å²) >= 11 is 12.5. The molecule has 0 spiro atoms. The van der Waals surface area contributed by atoms with E-state index in [0.717, 1.165) is 12.1 Å². The molecular weight excluding hydrogens is 494 g/mol. The van der Waals surface area contributed by atoms with E-state index in [1.165, 1.54) is 30.1 Å². The van der Waals surface area contributed by atoms with Gasteiger partial charge in [0.2, 0.25) is 0 Å². The Hall–Kier alpha value is -2.54. The molecule has 0 radical (unpaired) electrons. The van der Waals surface area contributed by atoms with Crippen LogP contribution in [0.3, 0.4) is 0 Å². The summed E-state index contributed by atoms with van der Waals surface area (Å²) in [4.78, 5) is 16.5. The maximum absolute atomic E-state index is 14.5. The van der Waals surface area contributed by atoms with E-state index in [1.807, 2.05) is 0 Å². The van der Waals surface area contributed by atoms with E-state index in [2.05, 4.69) is 15.0 Å². The highest BCUT2D eigenvalue weighted by molar-refractivity contribution is 7.90. The van der Waals surface area contributed by atoms with Gasteiger partial charge in [-0.15, -0.1) is 0 Å². The molecule has 1 saturated heterocycles. The number of hydrogen-bond acceptors (Lipinski definition) is 5. The van der Waals surface area contributed by atoms with Crippen molar-refractivity contribution in [2.45, 2.75) is 5.92 Å². The highest BCUT2D eigenvalue weighted by atomic mass is 35.5. The number of aryl methyl sites for hydroxylation is 1. The molecule has 1 aliphatic heterocycles. The summed E-state index contributed by atoms with van der Waals surface area (Å²) in [5.74, 6) is -3.95. The fourth-order valence-corrected chi connectivity index (χ4v) is 4.96. The molecule has 32 heavy (non-hydrogen) atoms. The zero-order valence-corrected chi connectivity index (χ0v) is 18.5. The van der Waals surface area contributed by atoms with Crippen LogP contribution < -0.4 is 15.6 Å². The van der Waals surface area contributed by atoms with Crippen molar-refractivity contribution in [1.82, 2.24) is 13.9 Å². The van der Waals surface area contributed by atoms with Gasteiger partial charge in [-0.2, -0.15) is 12.7 Å². The molecule has 4 rings (SSSR count). The van der Waals surface area contributed by atoms with Crippen LogP contribution in [0, 0.1) is 5.82 Å². The van der Waals surface area contributed by atoms with Gasteiger partial charge in [0, 0.05) is 7.05 Å². The number of nitrogens with one attached hydrogen (secondary N) is 2. The minimum atomic E-state index is -4.33. The standard InChI is InChI=1S/C18H14Cl2F3N5O3S/c1-27-8-24-10-4-5-11(14(19)13(10)17(27)29)25-16-9(21)2-3-12(15(16)20)26-32(30,31)28-6-18(22,23)7-28/h2-5,8,25-26H,6-7H2,1H3. The van der Waals surface area contributed by atoms with E-state index in [0.29, 0.717) is 9.82 Å². The maximum atomic E-state index is 14.5. The summed E-state index contributed by atoms with van der Waals surface area (Å²) in [6.45, 7) is -1.94. The highest BCUT2D eigenvalue weighted by Gasteiger charge is 2.49. The van der Waals surface area contributed by atoms with E-state index >= 15 is 0 Å². The van der Waals surface area contributed by atoms with Gasteiger partial charge in [0.05, 0.1) is 57.4 Å². The van der Waals surface area contributed by atoms with Crippen LogP contribution in [0.5, 0.6) is 0 Å². The second-order valence-corrected chi connectivity index (χ2v) is 9.55. The van der Waals surface area contributed by atoms with Crippen LogP contribution in [-0.2, 0) is 17.3 Å². The molecule has 2 aromatic carbocycles. The quantitative estimate of drug-likeness (QED) is 0.548. The Labute approximate surface area is 189 Å². The van der Waals surface area contributed by atoms with Gasteiger partial charge in [-0.25, -0.2) is 18.2 Å². The Morgan fingerprint density at radius 3 is 2.41 bits per heavy atom. The van der Waals surface area contributed by atoms with Crippen molar-refractivity contribution in [3.8, 4) is 0 Å². The van der Waals surface area contributed by atoms with E-state index in [-0.39, 0.29) is 32.5 Å². The van der Waals surface area contributed by atoms with E-state index in [1.54, 1.807) is 0 Å². The Balaban J connectivity index is 1.69. The van der Waals surface area contributed by atoms with Crippen molar-refractivity contribution < 1.29 is 21.6 Å². The van der Waals surface area contributed by atoms with E-state index < -0.39 is 40.6 Å². The van der Waals surface area contributed by atoms with Crippen molar-refractivity contribution in [1.29, 1.82) is 0 Å². The number of alkyl halides is 2. The summed E-state index contributed by atoms with van der Waals surface area (Å²) in [5.41, 5.74) is -0.554. The zero-order valence-electron chi connectivity index (χ0n) is 16.2. The molecule has 1 aliphatic rings. The van der Waals surface area contributed by atoms with Crippen molar-refractivity contribution in [3.63, 3.8) is 0 Å². The third kappa shape index (κ3) is 3.98. The van der Waals surface area contributed by atoms with Gasteiger partial charge >= 0.3 is 10.2 Å². The third-order valence-corrected chi connectivity index (χ3v) is 6.97. The zero-order chi connectivity index (χ0) is 23.4. The molecule has 0 unspecified atom stereocenters. The highest BCUT2D eigenvalue weighted by Crippen LogP contribution is 2.39. The lowest BCUT2D eigenvalue weighted by Gasteiger charge is -2.37. The normalized spacial score (nSPS) is 16.1. The molecule has 1 aromatic heterocycles. The largest absolute Gasteiger partial charge is 0.351 e. The molecular formula is C18H14Cl2F3N5O3S. The van der Waals surface area contributed by atoms with Gasteiger partial charge in [-0.05, 0) is 24.3 Å². The van der Waals surface area contributed by atoms with E-state index in [4.69, 9.17) is 23.2 Å². The van der Waals surface area contributed by atoms with Gasteiger partial charge in [-0.3, -0.25) is 9.52 Å². The van der Waals surface area contributed by atoms with Gasteiger partial charge < -0.3 is 9.88 Å². The predicted octanol–water partition coefficient (Wildman–Crippen LogP) is 3.73. The molecule has 3 aromatic rings. The van der Waals surface area contributed by atoms with Crippen LogP contribution in [0.15, 0.2) is 35.4 Å². The topological polar surface area (TPSA) is 96.3 Å². The lowest BCUT2D eigenvalue weighted by Crippen LogP contribution is -2.59. The summed E-state index contributed by atoms with van der Waals surface area (Å²) < 4.78 is 69.0. The number of aromatic nitrogens is 2.